The minimum absolute atomic E-state index is 0.0510. The SMILES string of the molecule is CCn1ncc(CN(C)C(=O)c2cc(-c3cccc(Cl)c3)nc3ccc(C)cc23)c1C. The van der Waals surface area contributed by atoms with Gasteiger partial charge in [0.05, 0.1) is 23.0 Å². The third-order valence-corrected chi connectivity index (χ3v) is 5.81. The number of pyridine rings is 1. The summed E-state index contributed by atoms with van der Waals surface area (Å²) in [4.78, 5) is 20.1. The van der Waals surface area contributed by atoms with Gasteiger partial charge in [-0.3, -0.25) is 9.48 Å². The van der Waals surface area contributed by atoms with Crippen LogP contribution in [0.1, 0.15) is 34.1 Å². The number of carbonyl (C=O) groups is 1. The summed E-state index contributed by atoms with van der Waals surface area (Å²) in [6.45, 7) is 7.41. The zero-order chi connectivity index (χ0) is 22.1. The van der Waals surface area contributed by atoms with Gasteiger partial charge in [0, 0.05) is 47.4 Å². The predicted octanol–water partition coefficient (Wildman–Crippen LogP) is 5.66. The monoisotopic (exact) mass is 432 g/mol. The predicted molar refractivity (Wildman–Crippen MR) is 125 cm³/mol. The van der Waals surface area contributed by atoms with E-state index in [-0.39, 0.29) is 5.91 Å². The summed E-state index contributed by atoms with van der Waals surface area (Å²) >= 11 is 6.19. The van der Waals surface area contributed by atoms with Gasteiger partial charge >= 0.3 is 0 Å². The number of aromatic nitrogens is 3. The van der Waals surface area contributed by atoms with E-state index in [9.17, 15) is 4.79 Å². The molecule has 4 aromatic rings. The number of rotatable bonds is 5. The van der Waals surface area contributed by atoms with Crippen molar-refractivity contribution in [2.24, 2.45) is 0 Å². The van der Waals surface area contributed by atoms with Crippen LogP contribution in [0.25, 0.3) is 22.2 Å². The van der Waals surface area contributed by atoms with E-state index >= 15 is 0 Å². The van der Waals surface area contributed by atoms with E-state index in [2.05, 4.69) is 12.0 Å². The molecule has 0 radical (unpaired) electrons. The summed E-state index contributed by atoms with van der Waals surface area (Å²) in [5, 5.41) is 5.89. The molecule has 158 valence electrons. The number of benzene rings is 2. The number of hydrogen-bond donors (Lipinski definition) is 0. The van der Waals surface area contributed by atoms with Crippen LogP contribution in [0.3, 0.4) is 0 Å². The van der Waals surface area contributed by atoms with Gasteiger partial charge in [-0.2, -0.15) is 5.10 Å². The lowest BCUT2D eigenvalue weighted by Gasteiger charge is -2.19. The molecule has 1 amide bonds. The number of hydrogen-bond acceptors (Lipinski definition) is 3. The van der Waals surface area contributed by atoms with Gasteiger partial charge in [0.2, 0.25) is 0 Å². The average molecular weight is 433 g/mol. The first kappa shape index (κ1) is 21.1. The van der Waals surface area contributed by atoms with Crippen molar-refractivity contribution in [3.8, 4) is 11.3 Å². The molecule has 0 spiro atoms. The maximum Gasteiger partial charge on any atom is 0.254 e. The van der Waals surface area contributed by atoms with Gasteiger partial charge in [-0.05, 0) is 51.1 Å². The Hall–Kier alpha value is -3.18. The smallest absolute Gasteiger partial charge is 0.254 e. The van der Waals surface area contributed by atoms with Crippen molar-refractivity contribution in [1.82, 2.24) is 19.7 Å². The summed E-state index contributed by atoms with van der Waals surface area (Å²) in [7, 11) is 1.83. The van der Waals surface area contributed by atoms with Gasteiger partial charge in [-0.25, -0.2) is 4.98 Å². The molecule has 0 saturated carbocycles. The lowest BCUT2D eigenvalue weighted by Crippen LogP contribution is -2.26. The number of halogens is 1. The Morgan fingerprint density at radius 3 is 2.65 bits per heavy atom. The zero-order valence-electron chi connectivity index (χ0n) is 18.2. The Balaban J connectivity index is 1.77. The number of amides is 1. The van der Waals surface area contributed by atoms with Gasteiger partial charge in [0.15, 0.2) is 0 Å². The normalized spacial score (nSPS) is 11.1. The number of fused-ring (bicyclic) bond motifs is 1. The summed E-state index contributed by atoms with van der Waals surface area (Å²) in [6.07, 6.45) is 1.84. The van der Waals surface area contributed by atoms with Crippen molar-refractivity contribution in [3.05, 3.63) is 82.1 Å². The highest BCUT2D eigenvalue weighted by Gasteiger charge is 2.19. The van der Waals surface area contributed by atoms with Crippen molar-refractivity contribution in [2.45, 2.75) is 33.9 Å². The molecule has 0 aliphatic heterocycles. The molecule has 0 N–H and O–H groups in total. The second-order valence-corrected chi connectivity index (χ2v) is 8.25. The van der Waals surface area contributed by atoms with Crippen LogP contribution in [0.2, 0.25) is 5.02 Å². The Labute approximate surface area is 187 Å². The molecular weight excluding hydrogens is 408 g/mol. The Morgan fingerprint density at radius 2 is 1.94 bits per heavy atom. The topological polar surface area (TPSA) is 51.0 Å². The summed E-state index contributed by atoms with van der Waals surface area (Å²) in [5.41, 5.74) is 6.24. The minimum Gasteiger partial charge on any atom is -0.337 e. The first-order valence-corrected chi connectivity index (χ1v) is 10.7. The third-order valence-electron chi connectivity index (χ3n) is 5.57. The molecule has 0 bridgehead atoms. The molecule has 0 fully saturated rings. The van der Waals surface area contributed by atoms with Crippen LogP contribution in [0, 0.1) is 13.8 Å². The molecule has 2 heterocycles. The lowest BCUT2D eigenvalue weighted by atomic mass is 10.0. The van der Waals surface area contributed by atoms with Crippen molar-refractivity contribution < 1.29 is 4.79 Å². The fraction of sp³-hybridized carbons (Fsp3) is 0.240. The van der Waals surface area contributed by atoms with Crippen molar-refractivity contribution in [2.75, 3.05) is 7.05 Å². The van der Waals surface area contributed by atoms with Crippen LogP contribution in [-0.2, 0) is 13.1 Å². The first-order valence-electron chi connectivity index (χ1n) is 10.3. The van der Waals surface area contributed by atoms with Crippen LogP contribution in [0.4, 0.5) is 0 Å². The van der Waals surface area contributed by atoms with E-state index in [1.165, 1.54) is 0 Å². The minimum atomic E-state index is -0.0510. The van der Waals surface area contributed by atoms with Crippen LogP contribution < -0.4 is 0 Å². The van der Waals surface area contributed by atoms with Gasteiger partial charge in [-0.1, -0.05) is 35.4 Å². The number of nitrogens with zero attached hydrogens (tertiary/aromatic N) is 4. The fourth-order valence-corrected chi connectivity index (χ4v) is 3.99. The second kappa shape index (κ2) is 8.52. The molecule has 0 aliphatic carbocycles. The van der Waals surface area contributed by atoms with Crippen molar-refractivity contribution >= 4 is 28.4 Å². The molecule has 4 rings (SSSR count). The molecule has 5 nitrogen and oxygen atoms in total. The first-order chi connectivity index (χ1) is 14.9. The largest absolute Gasteiger partial charge is 0.337 e. The van der Waals surface area contributed by atoms with E-state index in [1.54, 1.807) is 4.90 Å². The summed E-state index contributed by atoms with van der Waals surface area (Å²) in [5.74, 6) is -0.0510. The fourth-order valence-electron chi connectivity index (χ4n) is 3.80. The Bertz CT molecular complexity index is 1280. The highest BCUT2D eigenvalue weighted by atomic mass is 35.5. The molecule has 0 atom stereocenters. The molecule has 0 unspecified atom stereocenters. The van der Waals surface area contributed by atoms with E-state index < -0.39 is 0 Å². The molecule has 0 saturated heterocycles. The number of aryl methyl sites for hydroxylation is 2. The van der Waals surface area contributed by atoms with E-state index in [1.807, 2.05) is 80.3 Å². The maximum atomic E-state index is 13.6. The third kappa shape index (κ3) is 4.19. The molecule has 6 heteroatoms. The van der Waals surface area contributed by atoms with Crippen molar-refractivity contribution in [1.29, 1.82) is 0 Å². The quantitative estimate of drug-likeness (QED) is 0.408. The maximum absolute atomic E-state index is 13.6. The van der Waals surface area contributed by atoms with Gasteiger partial charge in [0.25, 0.3) is 5.91 Å². The Morgan fingerprint density at radius 1 is 1.13 bits per heavy atom. The Kier molecular flexibility index (Phi) is 5.79. The van der Waals surface area contributed by atoms with E-state index in [0.717, 1.165) is 45.5 Å². The van der Waals surface area contributed by atoms with Gasteiger partial charge in [-0.15, -0.1) is 0 Å². The highest BCUT2D eigenvalue weighted by molar-refractivity contribution is 6.30. The molecular formula is C25H25ClN4O. The van der Waals surface area contributed by atoms with Crippen LogP contribution in [0.15, 0.2) is 54.7 Å². The number of carbonyl (C=O) groups excluding carboxylic acids is 1. The standard InChI is InChI=1S/C25H25ClN4O/c1-5-30-17(3)19(14-27-30)15-29(4)25(31)22-13-24(18-7-6-8-20(26)12-18)28-23-10-9-16(2)11-21(22)23/h6-14H,5,15H2,1-4H3. The van der Waals surface area contributed by atoms with Gasteiger partial charge < -0.3 is 4.90 Å². The molecule has 2 aromatic heterocycles. The van der Waals surface area contributed by atoms with E-state index in [4.69, 9.17) is 16.6 Å². The van der Waals surface area contributed by atoms with Crippen LogP contribution in [0.5, 0.6) is 0 Å². The zero-order valence-corrected chi connectivity index (χ0v) is 18.9. The second-order valence-electron chi connectivity index (χ2n) is 7.82. The van der Waals surface area contributed by atoms with Gasteiger partial charge in [0.1, 0.15) is 0 Å². The molecule has 0 aliphatic rings. The van der Waals surface area contributed by atoms with Crippen LogP contribution in [-0.4, -0.2) is 32.6 Å². The average Bonchev–Trinajstić information content (AvgIpc) is 3.11. The van der Waals surface area contributed by atoms with Crippen molar-refractivity contribution in [3.63, 3.8) is 0 Å². The molecule has 31 heavy (non-hydrogen) atoms. The summed E-state index contributed by atoms with van der Waals surface area (Å²) in [6, 6.07) is 15.4. The highest BCUT2D eigenvalue weighted by Crippen LogP contribution is 2.28. The van der Waals surface area contributed by atoms with Crippen LogP contribution >= 0.6 is 11.6 Å². The molecule has 2 aromatic carbocycles. The lowest BCUT2D eigenvalue weighted by molar-refractivity contribution is 0.0787. The summed E-state index contributed by atoms with van der Waals surface area (Å²) < 4.78 is 1.94. The van der Waals surface area contributed by atoms with E-state index in [0.29, 0.717) is 17.1 Å².